The van der Waals surface area contributed by atoms with Crippen LogP contribution in [0.3, 0.4) is 0 Å². The quantitative estimate of drug-likeness (QED) is 0.728. The lowest BCUT2D eigenvalue weighted by atomic mass is 10.2. The second-order valence-electron chi connectivity index (χ2n) is 3.34. The molecule has 0 radical (unpaired) electrons. The van der Waals surface area contributed by atoms with Crippen LogP contribution in [0.2, 0.25) is 0 Å². The normalized spacial score (nSPS) is 13.9. The van der Waals surface area contributed by atoms with Gasteiger partial charge >= 0.3 is 5.97 Å². The van der Waals surface area contributed by atoms with Gasteiger partial charge in [-0.05, 0) is 26.0 Å². The van der Waals surface area contributed by atoms with Crippen LogP contribution in [0.1, 0.15) is 25.6 Å². The molecule has 1 heterocycles. The molecular formula is C11H15NO3. The van der Waals surface area contributed by atoms with Crippen molar-refractivity contribution >= 4 is 5.97 Å². The smallest absolute Gasteiger partial charge is 0.330 e. The van der Waals surface area contributed by atoms with Gasteiger partial charge in [-0.15, -0.1) is 0 Å². The van der Waals surface area contributed by atoms with Crippen LogP contribution < -0.4 is 5.32 Å². The van der Waals surface area contributed by atoms with E-state index in [4.69, 9.17) is 9.52 Å². The molecule has 4 nitrogen and oxygen atoms in total. The molecule has 0 spiro atoms. The molecule has 1 atom stereocenters. The SMILES string of the molecule is C/C(=C/CN[C@H](C)c1ccco1)C(=O)O. The molecule has 0 saturated carbocycles. The maximum Gasteiger partial charge on any atom is 0.330 e. The lowest BCUT2D eigenvalue weighted by Gasteiger charge is -2.08. The molecule has 0 fully saturated rings. The molecule has 1 aromatic rings. The second kappa shape index (κ2) is 5.36. The highest BCUT2D eigenvalue weighted by Crippen LogP contribution is 2.11. The van der Waals surface area contributed by atoms with Gasteiger partial charge in [0.1, 0.15) is 5.76 Å². The van der Waals surface area contributed by atoms with Crippen molar-refractivity contribution in [2.24, 2.45) is 0 Å². The van der Waals surface area contributed by atoms with E-state index >= 15 is 0 Å². The van der Waals surface area contributed by atoms with E-state index in [2.05, 4.69) is 5.32 Å². The predicted molar refractivity (Wildman–Crippen MR) is 56.5 cm³/mol. The van der Waals surface area contributed by atoms with Crippen LogP contribution >= 0.6 is 0 Å². The third-order valence-corrected chi connectivity index (χ3v) is 2.14. The van der Waals surface area contributed by atoms with E-state index in [1.54, 1.807) is 19.3 Å². The molecule has 0 bridgehead atoms. The van der Waals surface area contributed by atoms with Crippen molar-refractivity contribution in [2.45, 2.75) is 19.9 Å². The van der Waals surface area contributed by atoms with E-state index in [9.17, 15) is 4.79 Å². The molecule has 0 amide bonds. The fraction of sp³-hybridized carbons (Fsp3) is 0.364. The van der Waals surface area contributed by atoms with Crippen molar-refractivity contribution in [2.75, 3.05) is 6.54 Å². The summed E-state index contributed by atoms with van der Waals surface area (Å²) in [6.07, 6.45) is 3.26. The lowest BCUT2D eigenvalue weighted by Crippen LogP contribution is -2.18. The highest BCUT2D eigenvalue weighted by molar-refractivity contribution is 5.85. The lowest BCUT2D eigenvalue weighted by molar-refractivity contribution is -0.132. The number of hydrogen-bond donors (Lipinski definition) is 2. The second-order valence-corrected chi connectivity index (χ2v) is 3.34. The fourth-order valence-electron chi connectivity index (χ4n) is 1.11. The van der Waals surface area contributed by atoms with Crippen LogP contribution in [-0.4, -0.2) is 17.6 Å². The minimum atomic E-state index is -0.887. The Balaban J connectivity index is 2.38. The van der Waals surface area contributed by atoms with Crippen molar-refractivity contribution in [3.8, 4) is 0 Å². The summed E-state index contributed by atoms with van der Waals surface area (Å²) in [6, 6.07) is 3.79. The first-order chi connectivity index (χ1) is 7.11. The van der Waals surface area contributed by atoms with Crippen LogP contribution in [0.25, 0.3) is 0 Å². The van der Waals surface area contributed by atoms with Crippen LogP contribution in [0, 0.1) is 0 Å². The molecule has 0 aromatic carbocycles. The first-order valence-corrected chi connectivity index (χ1v) is 4.78. The molecule has 0 unspecified atom stereocenters. The van der Waals surface area contributed by atoms with E-state index in [1.807, 2.05) is 19.1 Å². The van der Waals surface area contributed by atoms with Gasteiger partial charge in [-0.2, -0.15) is 0 Å². The summed E-state index contributed by atoms with van der Waals surface area (Å²) in [5, 5.41) is 11.8. The number of aliphatic carboxylic acids is 1. The highest BCUT2D eigenvalue weighted by Gasteiger charge is 2.06. The van der Waals surface area contributed by atoms with Crippen molar-refractivity contribution < 1.29 is 14.3 Å². The molecule has 0 aliphatic carbocycles. The first kappa shape index (κ1) is 11.5. The Morgan fingerprint density at radius 3 is 3.00 bits per heavy atom. The zero-order chi connectivity index (χ0) is 11.3. The zero-order valence-electron chi connectivity index (χ0n) is 8.86. The van der Waals surface area contributed by atoms with E-state index in [-0.39, 0.29) is 6.04 Å². The van der Waals surface area contributed by atoms with Gasteiger partial charge in [-0.25, -0.2) is 4.79 Å². The zero-order valence-corrected chi connectivity index (χ0v) is 8.86. The predicted octanol–water partition coefficient (Wildman–Crippen LogP) is 1.96. The Hall–Kier alpha value is -1.55. The van der Waals surface area contributed by atoms with E-state index in [0.29, 0.717) is 12.1 Å². The van der Waals surface area contributed by atoms with Gasteiger partial charge in [0, 0.05) is 12.1 Å². The largest absolute Gasteiger partial charge is 0.478 e. The number of furan rings is 1. The molecule has 1 rings (SSSR count). The number of carboxylic acids is 1. The summed E-state index contributed by atoms with van der Waals surface area (Å²) >= 11 is 0. The standard InChI is InChI=1S/C11H15NO3/c1-8(11(13)14)5-6-12-9(2)10-4-3-7-15-10/h3-5,7,9,12H,6H2,1-2H3,(H,13,14)/b8-5-/t9-/m1/s1. The molecule has 4 heteroatoms. The van der Waals surface area contributed by atoms with Gasteiger partial charge < -0.3 is 14.8 Å². The number of carbonyl (C=O) groups is 1. The number of carboxylic acid groups (broad SMARTS) is 1. The van der Waals surface area contributed by atoms with Gasteiger partial charge in [0.2, 0.25) is 0 Å². The van der Waals surface area contributed by atoms with Crippen LogP contribution in [0.4, 0.5) is 0 Å². The number of nitrogens with one attached hydrogen (secondary N) is 1. The average molecular weight is 209 g/mol. The molecule has 0 aliphatic rings. The Morgan fingerprint density at radius 2 is 2.47 bits per heavy atom. The van der Waals surface area contributed by atoms with Crippen molar-refractivity contribution in [3.63, 3.8) is 0 Å². The Labute approximate surface area is 88.6 Å². The number of hydrogen-bond acceptors (Lipinski definition) is 3. The van der Waals surface area contributed by atoms with Gasteiger partial charge in [0.25, 0.3) is 0 Å². The minimum Gasteiger partial charge on any atom is -0.478 e. The van der Waals surface area contributed by atoms with E-state index in [0.717, 1.165) is 5.76 Å². The van der Waals surface area contributed by atoms with Gasteiger partial charge in [0.15, 0.2) is 0 Å². The first-order valence-electron chi connectivity index (χ1n) is 4.78. The molecule has 0 aliphatic heterocycles. The Morgan fingerprint density at radius 1 is 1.73 bits per heavy atom. The molecule has 82 valence electrons. The number of rotatable bonds is 5. The highest BCUT2D eigenvalue weighted by atomic mass is 16.4. The minimum absolute atomic E-state index is 0.0813. The fourth-order valence-corrected chi connectivity index (χ4v) is 1.11. The Bertz CT molecular complexity index is 341. The third kappa shape index (κ3) is 3.59. The Kier molecular flexibility index (Phi) is 4.12. The maximum atomic E-state index is 10.5. The van der Waals surface area contributed by atoms with E-state index in [1.165, 1.54) is 0 Å². The van der Waals surface area contributed by atoms with Gasteiger partial charge in [-0.3, -0.25) is 0 Å². The van der Waals surface area contributed by atoms with E-state index < -0.39 is 5.97 Å². The van der Waals surface area contributed by atoms with Gasteiger partial charge in [-0.1, -0.05) is 6.08 Å². The molecule has 1 aromatic heterocycles. The summed E-state index contributed by atoms with van der Waals surface area (Å²) in [7, 11) is 0. The topological polar surface area (TPSA) is 62.5 Å². The van der Waals surface area contributed by atoms with Crippen LogP contribution in [-0.2, 0) is 4.79 Å². The molecule has 2 N–H and O–H groups in total. The summed E-state index contributed by atoms with van der Waals surface area (Å²) in [5.41, 5.74) is 0.342. The monoisotopic (exact) mass is 209 g/mol. The van der Waals surface area contributed by atoms with Crippen LogP contribution in [0.15, 0.2) is 34.5 Å². The van der Waals surface area contributed by atoms with Crippen molar-refractivity contribution in [1.29, 1.82) is 0 Å². The summed E-state index contributed by atoms with van der Waals surface area (Å²) in [5.74, 6) is -0.0428. The summed E-state index contributed by atoms with van der Waals surface area (Å²) in [6.45, 7) is 4.05. The molecule has 0 saturated heterocycles. The van der Waals surface area contributed by atoms with Crippen molar-refractivity contribution in [3.05, 3.63) is 35.8 Å². The summed E-state index contributed by atoms with van der Waals surface area (Å²) in [4.78, 5) is 10.5. The molecular weight excluding hydrogens is 194 g/mol. The molecule has 15 heavy (non-hydrogen) atoms. The van der Waals surface area contributed by atoms with Gasteiger partial charge in [0.05, 0.1) is 12.3 Å². The average Bonchev–Trinajstić information content (AvgIpc) is 2.70. The van der Waals surface area contributed by atoms with Crippen LogP contribution in [0.5, 0.6) is 0 Å². The van der Waals surface area contributed by atoms with Crippen molar-refractivity contribution in [1.82, 2.24) is 5.32 Å². The third-order valence-electron chi connectivity index (χ3n) is 2.14. The maximum absolute atomic E-state index is 10.5. The summed E-state index contributed by atoms with van der Waals surface area (Å²) < 4.78 is 5.20.